The number of fused-ring (bicyclic) bond motifs is 1. The zero-order valence-electron chi connectivity index (χ0n) is 18.7. The van der Waals surface area contributed by atoms with Gasteiger partial charge in [-0.2, -0.15) is 5.10 Å². The Morgan fingerprint density at radius 2 is 1.77 bits per heavy atom. The number of aromatic nitrogens is 2. The summed E-state index contributed by atoms with van der Waals surface area (Å²) >= 11 is 6.00. The van der Waals surface area contributed by atoms with Crippen molar-refractivity contribution in [3.63, 3.8) is 0 Å². The van der Waals surface area contributed by atoms with Crippen LogP contribution in [0.2, 0.25) is 5.02 Å². The molecule has 0 bridgehead atoms. The number of aryl methyl sites for hydroxylation is 1. The van der Waals surface area contributed by atoms with Gasteiger partial charge in [0.05, 0.1) is 18.8 Å². The van der Waals surface area contributed by atoms with Crippen molar-refractivity contribution in [2.24, 2.45) is 0 Å². The molecule has 3 aromatic carbocycles. The molecule has 1 aliphatic heterocycles. The van der Waals surface area contributed by atoms with E-state index in [0.717, 1.165) is 22.6 Å². The number of benzene rings is 3. The second-order valence-electron chi connectivity index (χ2n) is 8.32. The van der Waals surface area contributed by atoms with E-state index in [0.29, 0.717) is 35.7 Å². The SMILES string of the molecule is O=C(NCc1ccccc1F)c1ccc(CN2C(=O)CCn3nc(-c4ccc(Cl)cc4)cc32)cc1. The van der Waals surface area contributed by atoms with Crippen molar-refractivity contribution in [2.75, 3.05) is 4.90 Å². The lowest BCUT2D eigenvalue weighted by atomic mass is 10.1. The van der Waals surface area contributed by atoms with Gasteiger partial charge >= 0.3 is 0 Å². The average Bonchev–Trinajstić information content (AvgIpc) is 3.31. The van der Waals surface area contributed by atoms with Crippen LogP contribution in [-0.4, -0.2) is 21.6 Å². The maximum absolute atomic E-state index is 13.8. The minimum absolute atomic E-state index is 0.0202. The highest BCUT2D eigenvalue weighted by molar-refractivity contribution is 6.30. The summed E-state index contributed by atoms with van der Waals surface area (Å²) in [5, 5.41) is 8.05. The molecule has 1 N–H and O–H groups in total. The van der Waals surface area contributed by atoms with Crippen LogP contribution in [0.15, 0.2) is 78.9 Å². The molecular weight excluding hydrogens is 467 g/mol. The molecule has 176 valence electrons. The van der Waals surface area contributed by atoms with E-state index >= 15 is 0 Å². The highest BCUT2D eigenvalue weighted by atomic mass is 35.5. The van der Waals surface area contributed by atoms with E-state index in [1.165, 1.54) is 6.07 Å². The second kappa shape index (κ2) is 9.72. The fraction of sp³-hybridized carbons (Fsp3) is 0.148. The van der Waals surface area contributed by atoms with Crippen LogP contribution in [0.5, 0.6) is 0 Å². The molecule has 4 aromatic rings. The molecule has 1 aromatic heterocycles. The Morgan fingerprint density at radius 1 is 1.03 bits per heavy atom. The Hall–Kier alpha value is -3.97. The third-order valence-electron chi connectivity index (χ3n) is 5.97. The summed E-state index contributed by atoms with van der Waals surface area (Å²) in [6, 6.07) is 22.7. The predicted molar refractivity (Wildman–Crippen MR) is 132 cm³/mol. The first kappa shape index (κ1) is 22.8. The Balaban J connectivity index is 1.29. The van der Waals surface area contributed by atoms with Gasteiger partial charge in [0, 0.05) is 40.7 Å². The van der Waals surface area contributed by atoms with Gasteiger partial charge in [-0.3, -0.25) is 14.5 Å². The molecule has 6 nitrogen and oxygen atoms in total. The molecule has 2 amide bonds. The van der Waals surface area contributed by atoms with Crippen LogP contribution in [0.25, 0.3) is 11.3 Å². The smallest absolute Gasteiger partial charge is 0.251 e. The Morgan fingerprint density at radius 3 is 2.51 bits per heavy atom. The molecule has 0 spiro atoms. The van der Waals surface area contributed by atoms with Crippen LogP contribution in [-0.2, 0) is 24.4 Å². The van der Waals surface area contributed by atoms with Gasteiger partial charge < -0.3 is 5.32 Å². The van der Waals surface area contributed by atoms with Crippen LogP contribution < -0.4 is 10.2 Å². The van der Waals surface area contributed by atoms with Gasteiger partial charge in [-0.15, -0.1) is 0 Å². The zero-order chi connectivity index (χ0) is 24.4. The van der Waals surface area contributed by atoms with Crippen molar-refractivity contribution in [2.45, 2.75) is 26.1 Å². The van der Waals surface area contributed by atoms with E-state index < -0.39 is 0 Å². The summed E-state index contributed by atoms with van der Waals surface area (Å²) in [6.45, 7) is 0.997. The molecule has 0 aliphatic carbocycles. The maximum atomic E-state index is 13.8. The Kier molecular flexibility index (Phi) is 6.33. The van der Waals surface area contributed by atoms with Crippen molar-refractivity contribution in [1.82, 2.24) is 15.1 Å². The van der Waals surface area contributed by atoms with E-state index in [2.05, 4.69) is 10.4 Å². The largest absolute Gasteiger partial charge is 0.348 e. The summed E-state index contributed by atoms with van der Waals surface area (Å²) < 4.78 is 15.6. The zero-order valence-corrected chi connectivity index (χ0v) is 19.5. The summed E-state index contributed by atoms with van der Waals surface area (Å²) in [5.74, 6) is 0.108. The van der Waals surface area contributed by atoms with Crippen molar-refractivity contribution >= 4 is 29.2 Å². The van der Waals surface area contributed by atoms with Crippen molar-refractivity contribution in [3.8, 4) is 11.3 Å². The predicted octanol–water partition coefficient (Wildman–Crippen LogP) is 5.21. The van der Waals surface area contributed by atoms with E-state index in [4.69, 9.17) is 11.6 Å². The maximum Gasteiger partial charge on any atom is 0.251 e. The molecule has 0 radical (unpaired) electrons. The topological polar surface area (TPSA) is 67.2 Å². The van der Waals surface area contributed by atoms with Gasteiger partial charge in [-0.25, -0.2) is 9.07 Å². The fourth-order valence-corrected chi connectivity index (χ4v) is 4.17. The minimum atomic E-state index is -0.354. The molecule has 8 heteroatoms. The number of amides is 2. The van der Waals surface area contributed by atoms with Crippen LogP contribution in [0.4, 0.5) is 10.2 Å². The molecular formula is C27H22ClFN4O2. The second-order valence-corrected chi connectivity index (χ2v) is 8.76. The van der Waals surface area contributed by atoms with Crippen molar-refractivity contribution in [1.29, 1.82) is 0 Å². The number of nitrogens with zero attached hydrogens (tertiary/aromatic N) is 3. The molecule has 0 atom stereocenters. The summed E-state index contributed by atoms with van der Waals surface area (Å²) in [4.78, 5) is 26.9. The number of rotatable bonds is 6. The number of hydrogen-bond acceptors (Lipinski definition) is 3. The molecule has 0 fully saturated rings. The van der Waals surface area contributed by atoms with Gasteiger partial charge in [0.15, 0.2) is 0 Å². The number of carbonyl (C=O) groups excluding carboxylic acids is 2. The fourth-order valence-electron chi connectivity index (χ4n) is 4.05. The van der Waals surface area contributed by atoms with Gasteiger partial charge in [-0.1, -0.05) is 54.1 Å². The van der Waals surface area contributed by atoms with Gasteiger partial charge in [0.2, 0.25) is 5.91 Å². The van der Waals surface area contributed by atoms with Gasteiger partial charge in [-0.05, 0) is 35.9 Å². The van der Waals surface area contributed by atoms with E-state index in [-0.39, 0.29) is 24.2 Å². The van der Waals surface area contributed by atoms with E-state index in [1.54, 1.807) is 35.2 Å². The standard InChI is InChI=1S/C27H22ClFN4O2/c28-22-11-9-19(10-12-22)24-15-25-32(26(34)13-14-33(25)31-24)17-18-5-7-20(8-6-18)27(35)30-16-21-3-1-2-4-23(21)29/h1-12,15H,13-14,16-17H2,(H,30,35). The monoisotopic (exact) mass is 488 g/mol. The number of anilines is 1. The third kappa shape index (κ3) is 4.95. The lowest BCUT2D eigenvalue weighted by Gasteiger charge is -2.27. The Bertz CT molecular complexity index is 1380. The first-order valence-electron chi connectivity index (χ1n) is 11.2. The number of hydrogen-bond donors (Lipinski definition) is 1. The lowest BCUT2D eigenvalue weighted by molar-refractivity contribution is -0.119. The quantitative estimate of drug-likeness (QED) is 0.405. The molecule has 5 rings (SSSR count). The van der Waals surface area contributed by atoms with E-state index in [9.17, 15) is 14.0 Å². The number of nitrogens with one attached hydrogen (secondary N) is 1. The summed E-state index contributed by atoms with van der Waals surface area (Å²) in [7, 11) is 0. The number of carbonyl (C=O) groups is 2. The Labute approximate surface area is 206 Å². The average molecular weight is 489 g/mol. The first-order chi connectivity index (χ1) is 17.0. The lowest BCUT2D eigenvalue weighted by Crippen LogP contribution is -2.36. The van der Waals surface area contributed by atoms with Gasteiger partial charge in [0.1, 0.15) is 11.6 Å². The van der Waals surface area contributed by atoms with Crippen molar-refractivity contribution in [3.05, 3.63) is 106 Å². The van der Waals surface area contributed by atoms with Gasteiger partial charge in [0.25, 0.3) is 5.91 Å². The first-order valence-corrected chi connectivity index (χ1v) is 11.6. The molecule has 35 heavy (non-hydrogen) atoms. The molecule has 0 saturated heterocycles. The van der Waals surface area contributed by atoms with E-state index in [1.807, 2.05) is 47.1 Å². The van der Waals surface area contributed by atoms with Crippen LogP contribution in [0.3, 0.4) is 0 Å². The van der Waals surface area contributed by atoms with Crippen LogP contribution in [0.1, 0.15) is 27.9 Å². The number of halogens is 2. The molecule has 0 unspecified atom stereocenters. The van der Waals surface area contributed by atoms with Crippen LogP contribution >= 0.6 is 11.6 Å². The summed E-state index contributed by atoms with van der Waals surface area (Å²) in [6.07, 6.45) is 0.366. The molecule has 2 heterocycles. The third-order valence-corrected chi connectivity index (χ3v) is 6.22. The van der Waals surface area contributed by atoms with Crippen LogP contribution in [0, 0.1) is 5.82 Å². The van der Waals surface area contributed by atoms with Crippen molar-refractivity contribution < 1.29 is 14.0 Å². The summed E-state index contributed by atoms with van der Waals surface area (Å²) in [5.41, 5.74) is 3.47. The molecule has 1 aliphatic rings. The highest BCUT2D eigenvalue weighted by Gasteiger charge is 2.26. The minimum Gasteiger partial charge on any atom is -0.348 e. The molecule has 0 saturated carbocycles. The normalized spacial score (nSPS) is 13.0. The highest BCUT2D eigenvalue weighted by Crippen LogP contribution is 2.30.